The van der Waals surface area contributed by atoms with E-state index in [0.717, 1.165) is 22.6 Å². The molecule has 0 saturated heterocycles. The van der Waals surface area contributed by atoms with Crippen molar-refractivity contribution < 1.29 is 9.59 Å². The quantitative estimate of drug-likeness (QED) is 0.294. The van der Waals surface area contributed by atoms with E-state index in [1.807, 2.05) is 58.0 Å². The molecule has 9 heteroatoms. The molecular weight excluding hydrogens is 430 g/mol. The van der Waals surface area contributed by atoms with Crippen LogP contribution in [0.3, 0.4) is 0 Å². The van der Waals surface area contributed by atoms with Crippen molar-refractivity contribution >= 4 is 51.6 Å². The summed E-state index contributed by atoms with van der Waals surface area (Å²) in [5.41, 5.74) is 1.46. The number of ketones is 1. The van der Waals surface area contributed by atoms with Crippen LogP contribution >= 0.6 is 23.1 Å². The summed E-state index contributed by atoms with van der Waals surface area (Å²) in [4.78, 5) is 42.1. The van der Waals surface area contributed by atoms with Crippen molar-refractivity contribution in [3.63, 3.8) is 0 Å². The highest BCUT2D eigenvalue weighted by molar-refractivity contribution is 8.00. The number of thiophene rings is 1. The Hall–Kier alpha value is -2.52. The number of hydrogen-bond donors (Lipinski definition) is 1. The molecule has 0 bridgehead atoms. The molecule has 3 aromatic heterocycles. The van der Waals surface area contributed by atoms with Crippen molar-refractivity contribution in [3.8, 4) is 0 Å². The van der Waals surface area contributed by atoms with Crippen LogP contribution in [0, 0.1) is 6.92 Å². The molecule has 7 nitrogen and oxygen atoms in total. The first-order valence-electron chi connectivity index (χ1n) is 10.2. The van der Waals surface area contributed by atoms with Gasteiger partial charge < -0.3 is 10.2 Å². The average molecular weight is 458 g/mol. The average Bonchev–Trinajstić information content (AvgIpc) is 3.24. The molecule has 0 spiro atoms. The van der Waals surface area contributed by atoms with E-state index in [2.05, 4.69) is 20.3 Å². The van der Waals surface area contributed by atoms with E-state index < -0.39 is 0 Å². The normalized spacial score (nSPS) is 12.0. The summed E-state index contributed by atoms with van der Waals surface area (Å²) in [5.74, 6) is 1.43. The molecule has 1 atom stereocenters. The lowest BCUT2D eigenvalue weighted by Gasteiger charge is -2.12. The van der Waals surface area contributed by atoms with Crippen molar-refractivity contribution in [2.24, 2.45) is 0 Å². The zero-order valence-electron chi connectivity index (χ0n) is 18.4. The van der Waals surface area contributed by atoms with Crippen LogP contribution in [0.1, 0.15) is 46.6 Å². The maximum atomic E-state index is 12.8. The van der Waals surface area contributed by atoms with Crippen molar-refractivity contribution in [2.75, 3.05) is 31.3 Å². The van der Waals surface area contributed by atoms with Gasteiger partial charge in [-0.15, -0.1) is 11.3 Å². The van der Waals surface area contributed by atoms with E-state index in [1.54, 1.807) is 6.07 Å². The summed E-state index contributed by atoms with van der Waals surface area (Å²) >= 11 is 2.75. The third kappa shape index (κ3) is 5.59. The summed E-state index contributed by atoms with van der Waals surface area (Å²) in [5, 5.41) is 3.60. The molecule has 1 N–H and O–H groups in total. The second kappa shape index (κ2) is 10.2. The lowest BCUT2D eigenvalue weighted by Crippen LogP contribution is -2.28. The number of carbonyl (C=O) groups excluding carboxylic acids is 2. The van der Waals surface area contributed by atoms with Gasteiger partial charge in [-0.2, -0.15) is 0 Å². The summed E-state index contributed by atoms with van der Waals surface area (Å²) in [6.45, 7) is 6.38. The maximum Gasteiger partial charge on any atom is 0.228 e. The highest BCUT2D eigenvalue weighted by Gasteiger charge is 2.19. The van der Waals surface area contributed by atoms with E-state index in [-0.39, 0.29) is 23.4 Å². The molecule has 0 saturated carbocycles. The standard InChI is InChI=1S/C22H27N5O2S2/c1-6-11-23-21(29)13(2)17-8-9-18(31-17)16(28)12-30-22-20-15(24-14(3)25-22)7-10-19(26-20)27(4)5/h7-10,13H,6,11-12H2,1-5H3,(H,23,29). The summed E-state index contributed by atoms with van der Waals surface area (Å²) in [6.07, 6.45) is 0.895. The molecule has 0 aliphatic heterocycles. The summed E-state index contributed by atoms with van der Waals surface area (Å²) in [7, 11) is 3.86. The Balaban J connectivity index is 1.74. The Morgan fingerprint density at radius 2 is 1.94 bits per heavy atom. The smallest absolute Gasteiger partial charge is 0.228 e. The number of aromatic nitrogens is 3. The minimum Gasteiger partial charge on any atom is -0.363 e. The third-order valence-electron chi connectivity index (χ3n) is 4.68. The number of anilines is 1. The van der Waals surface area contributed by atoms with Gasteiger partial charge >= 0.3 is 0 Å². The van der Waals surface area contributed by atoms with Crippen molar-refractivity contribution in [3.05, 3.63) is 39.8 Å². The van der Waals surface area contributed by atoms with Crippen LogP contribution in [-0.4, -0.2) is 53.0 Å². The topological polar surface area (TPSA) is 88.1 Å². The summed E-state index contributed by atoms with van der Waals surface area (Å²) in [6, 6.07) is 7.51. The molecule has 0 aliphatic carbocycles. The van der Waals surface area contributed by atoms with Crippen LogP contribution in [0.2, 0.25) is 0 Å². The van der Waals surface area contributed by atoms with Gasteiger partial charge in [0.05, 0.1) is 22.1 Å². The van der Waals surface area contributed by atoms with E-state index in [9.17, 15) is 9.59 Å². The zero-order chi connectivity index (χ0) is 22.5. The molecule has 31 heavy (non-hydrogen) atoms. The van der Waals surface area contributed by atoms with Crippen molar-refractivity contribution in [2.45, 2.75) is 38.1 Å². The van der Waals surface area contributed by atoms with Gasteiger partial charge in [-0.1, -0.05) is 18.7 Å². The highest BCUT2D eigenvalue weighted by Crippen LogP contribution is 2.29. The molecule has 1 unspecified atom stereocenters. The number of pyridine rings is 1. The number of aryl methyl sites for hydroxylation is 1. The molecule has 3 heterocycles. The van der Waals surface area contributed by atoms with Gasteiger partial charge in [0.2, 0.25) is 5.91 Å². The molecule has 1 amide bonds. The fourth-order valence-electron chi connectivity index (χ4n) is 2.91. The number of rotatable bonds is 9. The number of fused-ring (bicyclic) bond motifs is 1. The second-order valence-electron chi connectivity index (χ2n) is 7.43. The van der Waals surface area contributed by atoms with E-state index in [0.29, 0.717) is 27.8 Å². The van der Waals surface area contributed by atoms with Gasteiger partial charge in [-0.25, -0.2) is 15.0 Å². The minimum atomic E-state index is -0.270. The second-order valence-corrected chi connectivity index (χ2v) is 9.51. The number of Topliss-reactive ketones (excluding diaryl/α,β-unsaturated/α-hetero) is 1. The fourth-order valence-corrected chi connectivity index (χ4v) is 4.90. The van der Waals surface area contributed by atoms with Crippen molar-refractivity contribution in [1.82, 2.24) is 20.3 Å². The van der Waals surface area contributed by atoms with Crippen LogP contribution in [0.4, 0.5) is 5.82 Å². The first-order chi connectivity index (χ1) is 14.8. The predicted octanol–water partition coefficient (Wildman–Crippen LogP) is 4.07. The number of hydrogen-bond acceptors (Lipinski definition) is 8. The molecule has 164 valence electrons. The van der Waals surface area contributed by atoms with E-state index in [4.69, 9.17) is 0 Å². The van der Waals surface area contributed by atoms with Crippen LogP contribution in [0.25, 0.3) is 11.0 Å². The molecule has 0 radical (unpaired) electrons. The van der Waals surface area contributed by atoms with Gasteiger partial charge in [-0.05, 0) is 44.5 Å². The van der Waals surface area contributed by atoms with Crippen LogP contribution in [0.5, 0.6) is 0 Å². The Bertz CT molecular complexity index is 1100. The molecule has 3 rings (SSSR count). The van der Waals surface area contributed by atoms with E-state index in [1.165, 1.54) is 23.1 Å². The lowest BCUT2D eigenvalue weighted by atomic mass is 10.1. The number of amides is 1. The minimum absolute atomic E-state index is 0.00981. The Morgan fingerprint density at radius 3 is 2.65 bits per heavy atom. The van der Waals surface area contributed by atoms with Crippen LogP contribution in [0.15, 0.2) is 29.3 Å². The Labute approximate surface area is 190 Å². The largest absolute Gasteiger partial charge is 0.363 e. The van der Waals surface area contributed by atoms with Crippen LogP contribution < -0.4 is 10.2 Å². The molecule has 3 aromatic rings. The van der Waals surface area contributed by atoms with Crippen LogP contribution in [-0.2, 0) is 4.79 Å². The van der Waals surface area contributed by atoms with Gasteiger partial charge in [-0.3, -0.25) is 9.59 Å². The maximum absolute atomic E-state index is 12.8. The number of thioether (sulfide) groups is 1. The number of carbonyl (C=O) groups is 2. The lowest BCUT2D eigenvalue weighted by molar-refractivity contribution is -0.122. The summed E-state index contributed by atoms with van der Waals surface area (Å²) < 4.78 is 0. The van der Waals surface area contributed by atoms with Gasteiger partial charge in [0.1, 0.15) is 22.2 Å². The highest BCUT2D eigenvalue weighted by atomic mass is 32.2. The molecule has 0 fully saturated rings. The van der Waals surface area contributed by atoms with Gasteiger partial charge in [0, 0.05) is 25.5 Å². The zero-order valence-corrected chi connectivity index (χ0v) is 20.1. The Kier molecular flexibility index (Phi) is 7.61. The molecule has 0 aliphatic rings. The predicted molar refractivity (Wildman–Crippen MR) is 127 cm³/mol. The fraction of sp³-hybridized carbons (Fsp3) is 0.409. The molecular formula is C22H27N5O2S2. The monoisotopic (exact) mass is 457 g/mol. The van der Waals surface area contributed by atoms with Gasteiger partial charge in [0.15, 0.2) is 5.78 Å². The molecule has 0 aromatic carbocycles. The third-order valence-corrected chi connectivity index (χ3v) is 6.95. The van der Waals surface area contributed by atoms with E-state index >= 15 is 0 Å². The van der Waals surface area contributed by atoms with Gasteiger partial charge in [0.25, 0.3) is 0 Å². The first-order valence-corrected chi connectivity index (χ1v) is 12.0. The Morgan fingerprint density at radius 1 is 1.16 bits per heavy atom. The SMILES string of the molecule is CCCNC(=O)C(C)c1ccc(C(=O)CSc2nc(C)nc3ccc(N(C)C)nc23)s1. The number of nitrogens with zero attached hydrogens (tertiary/aromatic N) is 4. The first kappa shape index (κ1) is 23.1. The number of nitrogens with one attached hydrogen (secondary N) is 1. The van der Waals surface area contributed by atoms with Crippen molar-refractivity contribution in [1.29, 1.82) is 0 Å².